The van der Waals surface area contributed by atoms with Crippen LogP contribution < -0.4 is 10.1 Å². The Kier molecular flexibility index (Phi) is 4.98. The highest BCUT2D eigenvalue weighted by atomic mass is 19.1. The minimum atomic E-state index is -0.412. The molecule has 2 aromatic rings. The third-order valence-electron chi connectivity index (χ3n) is 3.01. The van der Waals surface area contributed by atoms with Crippen molar-refractivity contribution in [2.45, 2.75) is 13.5 Å². The molecule has 6 nitrogen and oxygen atoms in total. The summed E-state index contributed by atoms with van der Waals surface area (Å²) in [6.45, 7) is 2.60. The van der Waals surface area contributed by atoms with E-state index >= 15 is 0 Å². The third kappa shape index (κ3) is 3.97. The molecule has 7 heteroatoms. The lowest BCUT2D eigenvalue weighted by atomic mass is 10.3. The number of benzene rings is 1. The van der Waals surface area contributed by atoms with Gasteiger partial charge in [0.05, 0.1) is 25.0 Å². The fourth-order valence-electron chi connectivity index (χ4n) is 1.98. The van der Waals surface area contributed by atoms with Crippen molar-refractivity contribution in [3.63, 3.8) is 0 Å². The Morgan fingerprint density at radius 3 is 2.91 bits per heavy atom. The molecular weight excluding hydrogens is 287 g/mol. The van der Waals surface area contributed by atoms with Gasteiger partial charge in [0.15, 0.2) is 0 Å². The van der Waals surface area contributed by atoms with E-state index in [4.69, 9.17) is 4.74 Å². The number of carbonyl (C=O) groups is 1. The molecule has 2 amide bonds. The van der Waals surface area contributed by atoms with E-state index in [0.29, 0.717) is 24.6 Å². The van der Waals surface area contributed by atoms with E-state index in [-0.39, 0.29) is 6.03 Å². The van der Waals surface area contributed by atoms with Crippen molar-refractivity contribution in [3.8, 4) is 5.75 Å². The van der Waals surface area contributed by atoms with Gasteiger partial charge in [-0.3, -0.25) is 4.68 Å². The Balaban J connectivity index is 2.04. The maximum absolute atomic E-state index is 13.2. The molecule has 118 valence electrons. The number of rotatable bonds is 5. The molecule has 1 heterocycles. The van der Waals surface area contributed by atoms with Gasteiger partial charge in [0.2, 0.25) is 0 Å². The van der Waals surface area contributed by atoms with Gasteiger partial charge in [0, 0.05) is 31.9 Å². The first-order valence-corrected chi connectivity index (χ1v) is 6.91. The zero-order valence-electron chi connectivity index (χ0n) is 12.8. The monoisotopic (exact) mass is 306 g/mol. The number of nitrogens with zero attached hydrogens (tertiary/aromatic N) is 3. The summed E-state index contributed by atoms with van der Waals surface area (Å²) < 4.78 is 20.3. The molecule has 1 N–H and O–H groups in total. The molecule has 0 bridgehead atoms. The van der Waals surface area contributed by atoms with Crippen molar-refractivity contribution in [2.24, 2.45) is 7.05 Å². The molecule has 1 aromatic carbocycles. The Morgan fingerprint density at radius 2 is 2.27 bits per heavy atom. The molecule has 1 aromatic heterocycles. The minimum absolute atomic E-state index is 0.309. The molecule has 22 heavy (non-hydrogen) atoms. The van der Waals surface area contributed by atoms with Crippen LogP contribution in [0.1, 0.15) is 12.5 Å². The highest BCUT2D eigenvalue weighted by Crippen LogP contribution is 2.25. The molecule has 0 atom stereocenters. The Bertz CT molecular complexity index is 657. The quantitative estimate of drug-likeness (QED) is 0.924. The van der Waals surface area contributed by atoms with Crippen LogP contribution in [0.5, 0.6) is 5.75 Å². The van der Waals surface area contributed by atoms with Gasteiger partial charge in [-0.15, -0.1) is 0 Å². The van der Waals surface area contributed by atoms with Crippen LogP contribution in [0.3, 0.4) is 0 Å². The normalized spacial score (nSPS) is 10.4. The minimum Gasteiger partial charge on any atom is -0.492 e. The number of amides is 2. The van der Waals surface area contributed by atoms with Gasteiger partial charge in [-0.1, -0.05) is 0 Å². The van der Waals surface area contributed by atoms with Crippen molar-refractivity contribution >= 4 is 11.7 Å². The molecule has 0 aliphatic heterocycles. The van der Waals surface area contributed by atoms with E-state index in [1.54, 1.807) is 24.9 Å². The third-order valence-corrected chi connectivity index (χ3v) is 3.01. The topological polar surface area (TPSA) is 59.4 Å². The number of nitrogens with one attached hydrogen (secondary N) is 1. The Labute approximate surface area is 128 Å². The fourth-order valence-corrected chi connectivity index (χ4v) is 1.98. The number of aromatic nitrogens is 2. The largest absolute Gasteiger partial charge is 0.492 e. The van der Waals surface area contributed by atoms with Crippen LogP contribution >= 0.6 is 0 Å². The van der Waals surface area contributed by atoms with E-state index in [0.717, 1.165) is 5.56 Å². The van der Waals surface area contributed by atoms with Gasteiger partial charge in [0.25, 0.3) is 0 Å². The van der Waals surface area contributed by atoms with Crippen LogP contribution in [-0.2, 0) is 13.6 Å². The summed E-state index contributed by atoms with van der Waals surface area (Å²) in [6, 6.07) is 3.70. The molecular formula is C15H19FN4O2. The van der Waals surface area contributed by atoms with Gasteiger partial charge in [-0.25, -0.2) is 9.18 Å². The lowest BCUT2D eigenvalue weighted by Crippen LogP contribution is -2.30. The van der Waals surface area contributed by atoms with Crippen molar-refractivity contribution in [2.75, 3.05) is 19.0 Å². The molecule has 0 spiro atoms. The van der Waals surface area contributed by atoms with Crippen LogP contribution in [0.2, 0.25) is 0 Å². The number of halogens is 1. The van der Waals surface area contributed by atoms with Crippen molar-refractivity contribution in [3.05, 3.63) is 42.0 Å². The summed E-state index contributed by atoms with van der Waals surface area (Å²) in [5.74, 6) is -0.101. The Hall–Kier alpha value is -2.57. The first-order chi connectivity index (χ1) is 10.5. The van der Waals surface area contributed by atoms with Gasteiger partial charge in [0.1, 0.15) is 11.6 Å². The van der Waals surface area contributed by atoms with Crippen LogP contribution in [0.15, 0.2) is 30.6 Å². The summed E-state index contributed by atoms with van der Waals surface area (Å²) in [4.78, 5) is 13.7. The first-order valence-electron chi connectivity index (χ1n) is 6.91. The van der Waals surface area contributed by atoms with Crippen LogP contribution in [0.4, 0.5) is 14.9 Å². The average molecular weight is 306 g/mol. The average Bonchev–Trinajstić information content (AvgIpc) is 2.87. The molecule has 2 rings (SSSR count). The number of anilines is 1. The van der Waals surface area contributed by atoms with Crippen LogP contribution in [-0.4, -0.2) is 34.4 Å². The Morgan fingerprint density at radius 1 is 1.50 bits per heavy atom. The van der Waals surface area contributed by atoms with E-state index in [1.165, 1.54) is 23.1 Å². The second-order valence-corrected chi connectivity index (χ2v) is 4.88. The number of urea groups is 1. The zero-order chi connectivity index (χ0) is 16.1. The number of ether oxygens (including phenoxy) is 1. The molecule has 0 saturated carbocycles. The molecule has 0 aliphatic carbocycles. The smallest absolute Gasteiger partial charge is 0.321 e. The summed E-state index contributed by atoms with van der Waals surface area (Å²) in [5.41, 5.74) is 1.36. The highest BCUT2D eigenvalue weighted by molar-refractivity contribution is 5.90. The van der Waals surface area contributed by atoms with Crippen LogP contribution in [0, 0.1) is 5.82 Å². The SMILES string of the molecule is CCOc1cc(F)ccc1NC(=O)N(C)Cc1cnn(C)c1. The highest BCUT2D eigenvalue weighted by Gasteiger charge is 2.13. The zero-order valence-corrected chi connectivity index (χ0v) is 12.8. The lowest BCUT2D eigenvalue weighted by Gasteiger charge is -2.18. The van der Waals surface area contributed by atoms with E-state index in [1.807, 2.05) is 13.2 Å². The number of hydrogen-bond acceptors (Lipinski definition) is 3. The number of hydrogen-bond donors (Lipinski definition) is 1. The maximum atomic E-state index is 13.2. The molecule has 0 radical (unpaired) electrons. The van der Waals surface area contributed by atoms with Gasteiger partial charge < -0.3 is 15.0 Å². The van der Waals surface area contributed by atoms with Gasteiger partial charge in [-0.2, -0.15) is 5.10 Å². The standard InChI is InChI=1S/C15H19FN4O2/c1-4-22-14-7-12(16)5-6-13(14)18-15(21)19(2)9-11-8-17-20(3)10-11/h5-8,10H,4,9H2,1-3H3,(H,18,21). The molecule has 0 fully saturated rings. The van der Waals surface area contributed by atoms with E-state index < -0.39 is 5.82 Å². The van der Waals surface area contributed by atoms with Crippen molar-refractivity contribution in [1.29, 1.82) is 0 Å². The predicted molar refractivity (Wildman–Crippen MR) is 81.3 cm³/mol. The van der Waals surface area contributed by atoms with E-state index in [2.05, 4.69) is 10.4 Å². The van der Waals surface area contributed by atoms with Gasteiger partial charge in [-0.05, 0) is 19.1 Å². The number of aryl methyl sites for hydroxylation is 1. The van der Waals surface area contributed by atoms with Crippen molar-refractivity contribution < 1.29 is 13.9 Å². The van der Waals surface area contributed by atoms with Gasteiger partial charge >= 0.3 is 6.03 Å². The molecule has 0 aliphatic rings. The fraction of sp³-hybridized carbons (Fsp3) is 0.333. The summed E-state index contributed by atoms with van der Waals surface area (Å²) in [6.07, 6.45) is 3.54. The number of carbonyl (C=O) groups excluding carboxylic acids is 1. The van der Waals surface area contributed by atoms with Crippen molar-refractivity contribution in [1.82, 2.24) is 14.7 Å². The molecule has 0 saturated heterocycles. The summed E-state index contributed by atoms with van der Waals surface area (Å²) in [7, 11) is 3.49. The van der Waals surface area contributed by atoms with Crippen LogP contribution in [0.25, 0.3) is 0 Å². The summed E-state index contributed by atoms with van der Waals surface area (Å²) >= 11 is 0. The second-order valence-electron chi connectivity index (χ2n) is 4.88. The summed E-state index contributed by atoms with van der Waals surface area (Å²) in [5, 5.41) is 6.78. The first kappa shape index (κ1) is 15.8. The maximum Gasteiger partial charge on any atom is 0.321 e. The molecule has 0 unspecified atom stereocenters. The second kappa shape index (κ2) is 6.93. The van der Waals surface area contributed by atoms with E-state index in [9.17, 15) is 9.18 Å². The predicted octanol–water partition coefficient (Wildman–Crippen LogP) is 2.62. The lowest BCUT2D eigenvalue weighted by molar-refractivity contribution is 0.220.